The Bertz CT molecular complexity index is 678. The number of nitrogens with zero attached hydrogens (tertiary/aromatic N) is 2. The van der Waals surface area contributed by atoms with E-state index in [1.165, 1.54) is 5.39 Å². The zero-order chi connectivity index (χ0) is 15.2. The second-order valence-electron chi connectivity index (χ2n) is 5.29. The molecule has 5 heteroatoms. The summed E-state index contributed by atoms with van der Waals surface area (Å²) in [6.45, 7) is 3.32. The van der Waals surface area contributed by atoms with E-state index in [1.54, 1.807) is 6.21 Å². The van der Waals surface area contributed by atoms with Crippen molar-refractivity contribution in [2.45, 2.75) is 0 Å². The van der Waals surface area contributed by atoms with E-state index in [1.807, 2.05) is 30.3 Å². The maximum atomic E-state index is 11.8. The number of morpholine rings is 1. The monoisotopic (exact) mass is 297 g/mol. The number of benzene rings is 2. The van der Waals surface area contributed by atoms with Gasteiger partial charge in [-0.3, -0.25) is 9.69 Å². The van der Waals surface area contributed by atoms with Gasteiger partial charge >= 0.3 is 0 Å². The van der Waals surface area contributed by atoms with Crippen LogP contribution in [-0.4, -0.2) is 49.9 Å². The Morgan fingerprint density at radius 3 is 2.77 bits per heavy atom. The molecule has 0 atom stereocenters. The van der Waals surface area contributed by atoms with Crippen LogP contribution in [0.25, 0.3) is 10.8 Å². The van der Waals surface area contributed by atoms with E-state index in [-0.39, 0.29) is 5.91 Å². The number of nitrogens with one attached hydrogen (secondary N) is 1. The molecule has 114 valence electrons. The number of fused-ring (bicyclic) bond motifs is 1. The molecule has 22 heavy (non-hydrogen) atoms. The van der Waals surface area contributed by atoms with Crippen molar-refractivity contribution in [2.24, 2.45) is 5.10 Å². The highest BCUT2D eigenvalue weighted by molar-refractivity contribution is 5.90. The second-order valence-corrected chi connectivity index (χ2v) is 5.29. The van der Waals surface area contributed by atoms with Gasteiger partial charge in [0, 0.05) is 13.1 Å². The Kier molecular flexibility index (Phi) is 4.78. The van der Waals surface area contributed by atoms with Crippen LogP contribution in [0, 0.1) is 0 Å². The smallest absolute Gasteiger partial charge is 0.254 e. The Morgan fingerprint density at radius 2 is 1.95 bits per heavy atom. The quantitative estimate of drug-likeness (QED) is 0.689. The fourth-order valence-electron chi connectivity index (χ4n) is 2.46. The summed E-state index contributed by atoms with van der Waals surface area (Å²) in [6.07, 6.45) is 1.67. The highest BCUT2D eigenvalue weighted by atomic mass is 16.5. The molecule has 0 radical (unpaired) electrons. The number of hydrazone groups is 1. The summed E-state index contributed by atoms with van der Waals surface area (Å²) in [5.74, 6) is -0.0982. The van der Waals surface area contributed by atoms with Gasteiger partial charge in [0.05, 0.1) is 26.0 Å². The van der Waals surface area contributed by atoms with Crippen LogP contribution >= 0.6 is 0 Å². The first-order chi connectivity index (χ1) is 10.8. The lowest BCUT2D eigenvalue weighted by atomic mass is 10.1. The average molecular weight is 297 g/mol. The number of carbonyl (C=O) groups excluding carboxylic acids is 1. The Hall–Kier alpha value is -2.24. The van der Waals surface area contributed by atoms with Crippen LogP contribution in [0.5, 0.6) is 0 Å². The van der Waals surface area contributed by atoms with E-state index in [9.17, 15) is 4.79 Å². The molecule has 0 spiro atoms. The molecule has 1 saturated heterocycles. The number of ether oxygens (including phenoxy) is 1. The summed E-state index contributed by atoms with van der Waals surface area (Å²) in [6, 6.07) is 14.2. The minimum absolute atomic E-state index is 0.0982. The molecule has 3 rings (SSSR count). The standard InChI is InChI=1S/C17H19N3O2/c21-17(13-20-7-9-22-10-8-20)19-18-12-14-5-6-15-3-1-2-4-16(15)11-14/h1-6,11-12H,7-10,13H2,(H,19,21)/b18-12+. The first kappa shape index (κ1) is 14.7. The van der Waals surface area contributed by atoms with Crippen molar-refractivity contribution in [3.63, 3.8) is 0 Å². The molecule has 1 aliphatic heterocycles. The van der Waals surface area contributed by atoms with Gasteiger partial charge in [0.15, 0.2) is 0 Å². The molecule has 0 unspecified atom stereocenters. The van der Waals surface area contributed by atoms with Crippen LogP contribution in [0.1, 0.15) is 5.56 Å². The molecule has 1 N–H and O–H groups in total. The normalized spacial score (nSPS) is 16.2. The van der Waals surface area contributed by atoms with Gasteiger partial charge in [-0.15, -0.1) is 0 Å². The first-order valence-corrected chi connectivity index (χ1v) is 7.42. The molecule has 0 aromatic heterocycles. The summed E-state index contributed by atoms with van der Waals surface area (Å²) in [5, 5.41) is 6.38. The lowest BCUT2D eigenvalue weighted by Crippen LogP contribution is -2.42. The van der Waals surface area contributed by atoms with Gasteiger partial charge in [0.1, 0.15) is 0 Å². The van der Waals surface area contributed by atoms with Crippen LogP contribution in [0.4, 0.5) is 0 Å². The third-order valence-electron chi connectivity index (χ3n) is 3.65. The van der Waals surface area contributed by atoms with Gasteiger partial charge in [-0.05, 0) is 22.4 Å². The van der Waals surface area contributed by atoms with E-state index in [0.717, 1.165) is 24.0 Å². The predicted molar refractivity (Wildman–Crippen MR) is 86.9 cm³/mol. The second kappa shape index (κ2) is 7.15. The first-order valence-electron chi connectivity index (χ1n) is 7.42. The van der Waals surface area contributed by atoms with Gasteiger partial charge in [-0.25, -0.2) is 5.43 Å². The molecule has 5 nitrogen and oxygen atoms in total. The molecular weight excluding hydrogens is 278 g/mol. The van der Waals surface area contributed by atoms with Crippen molar-refractivity contribution in [1.82, 2.24) is 10.3 Å². The van der Waals surface area contributed by atoms with Crippen LogP contribution in [0.15, 0.2) is 47.6 Å². The minimum atomic E-state index is -0.0982. The zero-order valence-corrected chi connectivity index (χ0v) is 12.4. The molecule has 1 fully saturated rings. The molecule has 1 amide bonds. The van der Waals surface area contributed by atoms with E-state index >= 15 is 0 Å². The van der Waals surface area contributed by atoms with Crippen molar-refractivity contribution >= 4 is 22.9 Å². The topological polar surface area (TPSA) is 53.9 Å². The summed E-state index contributed by atoms with van der Waals surface area (Å²) >= 11 is 0. The molecule has 1 heterocycles. The summed E-state index contributed by atoms with van der Waals surface area (Å²) in [7, 11) is 0. The fourth-order valence-corrected chi connectivity index (χ4v) is 2.46. The van der Waals surface area contributed by atoms with Crippen molar-refractivity contribution in [3.05, 3.63) is 48.0 Å². The minimum Gasteiger partial charge on any atom is -0.379 e. The molecule has 2 aromatic rings. The third kappa shape index (κ3) is 3.90. The van der Waals surface area contributed by atoms with Gasteiger partial charge in [0.25, 0.3) is 5.91 Å². The SMILES string of the molecule is O=C(CN1CCOCC1)N/N=C/c1ccc2ccccc2c1. The van der Waals surface area contributed by atoms with Gasteiger partial charge in [-0.2, -0.15) is 5.10 Å². The fraction of sp³-hybridized carbons (Fsp3) is 0.294. The number of hydrogen-bond acceptors (Lipinski definition) is 4. The maximum absolute atomic E-state index is 11.8. The van der Waals surface area contributed by atoms with Crippen molar-refractivity contribution in [2.75, 3.05) is 32.8 Å². The highest BCUT2D eigenvalue weighted by Crippen LogP contribution is 2.14. The van der Waals surface area contributed by atoms with Gasteiger partial charge in [0.2, 0.25) is 0 Å². The molecule has 0 aliphatic carbocycles. The molecule has 0 saturated carbocycles. The lowest BCUT2D eigenvalue weighted by molar-refractivity contribution is -0.123. The van der Waals surface area contributed by atoms with Gasteiger partial charge in [-0.1, -0.05) is 36.4 Å². The summed E-state index contributed by atoms with van der Waals surface area (Å²) < 4.78 is 5.25. The van der Waals surface area contributed by atoms with E-state index < -0.39 is 0 Å². The number of amides is 1. The highest BCUT2D eigenvalue weighted by Gasteiger charge is 2.13. The predicted octanol–water partition coefficient (Wildman–Crippen LogP) is 1.62. The van der Waals surface area contributed by atoms with Crippen LogP contribution < -0.4 is 5.43 Å². The molecular formula is C17H19N3O2. The summed E-state index contributed by atoms with van der Waals surface area (Å²) in [4.78, 5) is 13.9. The molecule has 2 aromatic carbocycles. The van der Waals surface area contributed by atoms with Crippen LogP contribution in [-0.2, 0) is 9.53 Å². The number of rotatable bonds is 4. The number of hydrogen-bond donors (Lipinski definition) is 1. The Balaban J connectivity index is 1.55. The van der Waals surface area contributed by atoms with E-state index in [4.69, 9.17) is 4.74 Å². The Labute approximate surface area is 129 Å². The largest absolute Gasteiger partial charge is 0.379 e. The van der Waals surface area contributed by atoms with Crippen molar-refractivity contribution in [1.29, 1.82) is 0 Å². The lowest BCUT2D eigenvalue weighted by Gasteiger charge is -2.25. The number of carbonyl (C=O) groups is 1. The molecule has 0 bridgehead atoms. The molecule has 1 aliphatic rings. The Morgan fingerprint density at radius 1 is 1.18 bits per heavy atom. The summed E-state index contributed by atoms with van der Waals surface area (Å²) in [5.41, 5.74) is 3.54. The van der Waals surface area contributed by atoms with Crippen LogP contribution in [0.2, 0.25) is 0 Å². The average Bonchev–Trinajstić information content (AvgIpc) is 2.55. The maximum Gasteiger partial charge on any atom is 0.254 e. The zero-order valence-electron chi connectivity index (χ0n) is 12.4. The van der Waals surface area contributed by atoms with E-state index in [2.05, 4.69) is 27.6 Å². The van der Waals surface area contributed by atoms with Gasteiger partial charge < -0.3 is 4.74 Å². The van der Waals surface area contributed by atoms with Crippen molar-refractivity contribution in [3.8, 4) is 0 Å². The van der Waals surface area contributed by atoms with Crippen molar-refractivity contribution < 1.29 is 9.53 Å². The van der Waals surface area contributed by atoms with E-state index in [0.29, 0.717) is 19.8 Å². The third-order valence-corrected chi connectivity index (χ3v) is 3.65. The van der Waals surface area contributed by atoms with Crippen LogP contribution in [0.3, 0.4) is 0 Å².